The second-order valence-corrected chi connectivity index (χ2v) is 8.36. The van der Waals surface area contributed by atoms with Gasteiger partial charge in [0, 0.05) is 35.0 Å². The maximum atomic E-state index is 13.9. The van der Waals surface area contributed by atoms with Gasteiger partial charge in [0.25, 0.3) is 0 Å². The van der Waals surface area contributed by atoms with Crippen molar-refractivity contribution in [1.82, 2.24) is 25.5 Å². The van der Waals surface area contributed by atoms with E-state index in [0.717, 1.165) is 28.7 Å². The normalized spacial score (nSPS) is 10.9. The van der Waals surface area contributed by atoms with Crippen molar-refractivity contribution >= 4 is 23.4 Å². The van der Waals surface area contributed by atoms with Crippen LogP contribution in [0.25, 0.3) is 5.69 Å². The number of nitrogens with one attached hydrogen (secondary N) is 1. The van der Waals surface area contributed by atoms with Crippen molar-refractivity contribution < 1.29 is 9.13 Å². The summed E-state index contributed by atoms with van der Waals surface area (Å²) >= 11 is 7.74. The predicted octanol–water partition coefficient (Wildman–Crippen LogP) is 4.92. The van der Waals surface area contributed by atoms with E-state index in [1.807, 2.05) is 42.5 Å². The zero-order valence-electron chi connectivity index (χ0n) is 17.1. The third kappa shape index (κ3) is 5.85. The Morgan fingerprint density at radius 1 is 1.00 bits per heavy atom. The first-order valence-electron chi connectivity index (χ1n) is 10.0. The minimum atomic E-state index is -0.281. The maximum Gasteiger partial charge on any atom is 0.214 e. The highest BCUT2D eigenvalue weighted by molar-refractivity contribution is 7.99. The zero-order valence-corrected chi connectivity index (χ0v) is 18.7. The van der Waals surface area contributed by atoms with Crippen LogP contribution in [0.1, 0.15) is 11.1 Å². The Morgan fingerprint density at radius 2 is 1.81 bits per heavy atom. The van der Waals surface area contributed by atoms with Crippen LogP contribution in [0.15, 0.2) is 78.0 Å². The molecular weight excluding hydrogens is 449 g/mol. The number of hydrogen-bond acceptors (Lipinski definition) is 6. The number of aromatic nitrogens is 4. The van der Waals surface area contributed by atoms with Crippen molar-refractivity contribution in [2.75, 3.05) is 12.3 Å². The number of tetrazole rings is 1. The average Bonchev–Trinajstić information content (AvgIpc) is 3.28. The zero-order chi connectivity index (χ0) is 22.2. The lowest BCUT2D eigenvalue weighted by molar-refractivity contribution is 0.296. The molecule has 4 aromatic rings. The Balaban J connectivity index is 1.30. The number of rotatable bonds is 10. The highest BCUT2D eigenvalue weighted by Crippen LogP contribution is 2.24. The van der Waals surface area contributed by atoms with E-state index in [1.165, 1.54) is 6.07 Å². The first kappa shape index (κ1) is 22.3. The van der Waals surface area contributed by atoms with Crippen LogP contribution in [-0.2, 0) is 13.2 Å². The summed E-state index contributed by atoms with van der Waals surface area (Å²) in [6, 6.07) is 21.8. The molecule has 0 amide bonds. The standard InChI is InChI=1S/C23H21ClFN5OS/c24-19-10-11-22(31-16-17-6-4-5-9-21(17)25)18(14-19)15-26-12-13-32-23-27-28-29-30(23)20-7-2-1-3-8-20/h1-11,14,26H,12-13,15-16H2. The minimum Gasteiger partial charge on any atom is -0.488 e. The quantitative estimate of drug-likeness (QED) is 0.263. The van der Waals surface area contributed by atoms with Gasteiger partial charge in [-0.3, -0.25) is 0 Å². The molecule has 0 radical (unpaired) electrons. The number of benzene rings is 3. The molecule has 9 heteroatoms. The molecule has 1 heterocycles. The number of hydrogen-bond donors (Lipinski definition) is 1. The second kappa shape index (κ2) is 11.1. The smallest absolute Gasteiger partial charge is 0.214 e. The summed E-state index contributed by atoms with van der Waals surface area (Å²) in [5, 5.41) is 16.7. The Morgan fingerprint density at radius 3 is 2.66 bits per heavy atom. The number of para-hydroxylation sites is 1. The van der Waals surface area contributed by atoms with Gasteiger partial charge in [0.2, 0.25) is 5.16 Å². The summed E-state index contributed by atoms with van der Waals surface area (Å²) in [5.74, 6) is 1.17. The van der Waals surface area contributed by atoms with Crippen molar-refractivity contribution in [2.45, 2.75) is 18.3 Å². The lowest BCUT2D eigenvalue weighted by Gasteiger charge is -2.13. The summed E-state index contributed by atoms with van der Waals surface area (Å²) in [5.41, 5.74) is 2.34. The maximum absolute atomic E-state index is 13.9. The molecule has 32 heavy (non-hydrogen) atoms. The number of thioether (sulfide) groups is 1. The van der Waals surface area contributed by atoms with Crippen molar-refractivity contribution in [3.8, 4) is 11.4 Å². The minimum absolute atomic E-state index is 0.152. The number of nitrogens with zero attached hydrogens (tertiary/aromatic N) is 4. The molecule has 0 saturated carbocycles. The van der Waals surface area contributed by atoms with Gasteiger partial charge in [0.15, 0.2) is 0 Å². The molecule has 0 aliphatic heterocycles. The summed E-state index contributed by atoms with van der Waals surface area (Å²) in [6.45, 7) is 1.45. The van der Waals surface area contributed by atoms with Crippen molar-refractivity contribution in [1.29, 1.82) is 0 Å². The van der Waals surface area contributed by atoms with Crippen molar-refractivity contribution in [3.05, 3.63) is 94.8 Å². The van der Waals surface area contributed by atoms with Crippen molar-refractivity contribution in [3.63, 3.8) is 0 Å². The lowest BCUT2D eigenvalue weighted by atomic mass is 10.2. The molecule has 1 aromatic heterocycles. The molecule has 0 atom stereocenters. The number of ether oxygens (including phenoxy) is 1. The second-order valence-electron chi connectivity index (χ2n) is 6.87. The van der Waals surface area contributed by atoms with Crippen LogP contribution in [-0.4, -0.2) is 32.5 Å². The molecule has 0 aliphatic carbocycles. The third-order valence-corrected chi connectivity index (χ3v) is 5.79. The van der Waals surface area contributed by atoms with Gasteiger partial charge in [0.05, 0.1) is 5.69 Å². The monoisotopic (exact) mass is 469 g/mol. The van der Waals surface area contributed by atoms with E-state index in [2.05, 4.69) is 20.8 Å². The van der Waals surface area contributed by atoms with Crippen LogP contribution < -0.4 is 10.1 Å². The summed E-state index contributed by atoms with van der Waals surface area (Å²) in [7, 11) is 0. The van der Waals surface area contributed by atoms with Crippen LogP contribution in [0.5, 0.6) is 5.75 Å². The molecule has 0 bridgehead atoms. The molecule has 0 unspecified atom stereocenters. The third-order valence-electron chi connectivity index (χ3n) is 4.63. The Bertz CT molecular complexity index is 1160. The molecule has 0 spiro atoms. The Labute approximate surface area is 194 Å². The fraction of sp³-hybridized carbons (Fsp3) is 0.174. The first-order valence-corrected chi connectivity index (χ1v) is 11.4. The Hall–Kier alpha value is -2.94. The molecule has 0 aliphatic rings. The summed E-state index contributed by atoms with van der Waals surface area (Å²) in [4.78, 5) is 0. The first-order chi connectivity index (χ1) is 15.7. The SMILES string of the molecule is Fc1ccccc1COc1ccc(Cl)cc1CNCCSc1nnnn1-c1ccccc1. The Kier molecular flexibility index (Phi) is 7.71. The number of halogens is 2. The molecule has 164 valence electrons. The molecular formula is C23H21ClFN5OS. The highest BCUT2D eigenvalue weighted by Gasteiger charge is 2.10. The van der Waals surface area contributed by atoms with Crippen molar-refractivity contribution in [2.24, 2.45) is 0 Å². The fourth-order valence-corrected chi connectivity index (χ4v) is 4.02. The van der Waals surface area contributed by atoms with Crippen LogP contribution in [0.3, 0.4) is 0 Å². The molecule has 0 saturated heterocycles. The lowest BCUT2D eigenvalue weighted by Crippen LogP contribution is -2.17. The summed E-state index contributed by atoms with van der Waals surface area (Å²) in [6.07, 6.45) is 0. The van der Waals surface area contributed by atoms with Gasteiger partial charge < -0.3 is 10.1 Å². The largest absolute Gasteiger partial charge is 0.488 e. The van der Waals surface area contributed by atoms with Gasteiger partial charge >= 0.3 is 0 Å². The van der Waals surface area contributed by atoms with Crippen LogP contribution >= 0.6 is 23.4 Å². The van der Waals surface area contributed by atoms with E-state index >= 15 is 0 Å². The predicted molar refractivity (Wildman–Crippen MR) is 124 cm³/mol. The van der Waals surface area contributed by atoms with Gasteiger partial charge in [0.1, 0.15) is 18.2 Å². The van der Waals surface area contributed by atoms with E-state index in [1.54, 1.807) is 40.7 Å². The molecule has 1 N–H and O–H groups in total. The molecule has 3 aromatic carbocycles. The molecule has 0 fully saturated rings. The highest BCUT2D eigenvalue weighted by atomic mass is 35.5. The van der Waals surface area contributed by atoms with Gasteiger partial charge in [-0.2, -0.15) is 4.68 Å². The topological polar surface area (TPSA) is 64.9 Å². The van der Waals surface area contributed by atoms with Gasteiger partial charge in [-0.25, -0.2) is 4.39 Å². The van der Waals surface area contributed by atoms with Crippen LogP contribution in [0, 0.1) is 5.82 Å². The van der Waals surface area contributed by atoms with Crippen LogP contribution in [0.2, 0.25) is 5.02 Å². The van der Waals surface area contributed by atoms with Crippen LogP contribution in [0.4, 0.5) is 4.39 Å². The molecule has 6 nitrogen and oxygen atoms in total. The van der Waals surface area contributed by atoms with E-state index in [9.17, 15) is 4.39 Å². The van der Waals surface area contributed by atoms with Gasteiger partial charge in [-0.15, -0.1) is 5.10 Å². The molecule has 4 rings (SSSR count). The van der Waals surface area contributed by atoms with Gasteiger partial charge in [-0.05, 0) is 46.8 Å². The van der Waals surface area contributed by atoms with Gasteiger partial charge in [-0.1, -0.05) is 59.8 Å². The van der Waals surface area contributed by atoms with E-state index in [-0.39, 0.29) is 12.4 Å². The summed E-state index contributed by atoms with van der Waals surface area (Å²) < 4.78 is 21.5. The fourth-order valence-electron chi connectivity index (χ4n) is 3.04. The average molecular weight is 470 g/mol. The van der Waals surface area contributed by atoms with E-state index in [4.69, 9.17) is 16.3 Å². The van der Waals surface area contributed by atoms with E-state index < -0.39 is 0 Å². The van der Waals surface area contributed by atoms with E-state index in [0.29, 0.717) is 22.9 Å².